The Bertz CT molecular complexity index is 153. The Labute approximate surface area is 71.9 Å². The number of sulfone groups is 1. The van der Waals surface area contributed by atoms with Gasteiger partial charge in [0, 0.05) is 0 Å². The largest absolute Gasteiger partial charge is 0.228 e. The molecule has 0 aromatic carbocycles. The Morgan fingerprint density at radius 3 is 1.00 bits per heavy atom. The van der Waals surface area contributed by atoms with Crippen molar-refractivity contribution >= 4 is 9.84 Å². The Morgan fingerprint density at radius 1 is 0.818 bits per heavy atom. The van der Waals surface area contributed by atoms with Crippen molar-refractivity contribution in [2.75, 3.05) is 0 Å². The smallest absolute Gasteiger partial charge is 0.154 e. The molecule has 2 nitrogen and oxygen atoms in total. The quantitative estimate of drug-likeness (QED) is 0.657. The van der Waals surface area contributed by atoms with E-state index in [-0.39, 0.29) is 25.4 Å². The van der Waals surface area contributed by atoms with Crippen molar-refractivity contribution in [3.63, 3.8) is 0 Å². The van der Waals surface area contributed by atoms with Crippen LogP contribution in [0.4, 0.5) is 0 Å². The van der Waals surface area contributed by atoms with Gasteiger partial charge in [-0.3, -0.25) is 0 Å². The third kappa shape index (κ3) is 4.40. The van der Waals surface area contributed by atoms with Gasteiger partial charge in [-0.15, -0.1) is 0 Å². The summed E-state index contributed by atoms with van der Waals surface area (Å²) < 4.78 is 22.1. The lowest BCUT2D eigenvalue weighted by molar-refractivity contribution is 0.578. The Morgan fingerprint density at radius 2 is 1.00 bits per heavy atom. The summed E-state index contributed by atoms with van der Waals surface area (Å²) in [6.07, 6.45) is 0. The zero-order valence-electron chi connectivity index (χ0n) is 6.38. The summed E-state index contributed by atoms with van der Waals surface area (Å²) >= 11 is 0. The van der Waals surface area contributed by atoms with E-state index in [9.17, 15) is 8.42 Å². The van der Waals surface area contributed by atoms with Gasteiger partial charge < -0.3 is 0 Å². The van der Waals surface area contributed by atoms with E-state index in [0.29, 0.717) is 0 Å². The van der Waals surface area contributed by atoms with E-state index >= 15 is 0 Å². The molecule has 0 aromatic rings. The van der Waals surface area contributed by atoms with Crippen molar-refractivity contribution in [2.24, 2.45) is 0 Å². The van der Waals surface area contributed by atoms with E-state index in [1.807, 2.05) is 0 Å². The standard InChI is InChI=1S/C6H14O2S.2CH4/c1-5(2)9(7,8)6(3)4;;/h5-6H,1-4H3;2*1H4. The predicted octanol–water partition coefficient (Wildman–Crippen LogP) is 2.49. The minimum Gasteiger partial charge on any atom is -0.228 e. The van der Waals surface area contributed by atoms with Gasteiger partial charge in [0.1, 0.15) is 0 Å². The SMILES string of the molecule is C.C.CC(C)S(=O)(=O)C(C)C. The van der Waals surface area contributed by atoms with Crippen molar-refractivity contribution in [3.05, 3.63) is 0 Å². The maximum atomic E-state index is 11.0. The van der Waals surface area contributed by atoms with E-state index in [1.54, 1.807) is 27.7 Å². The van der Waals surface area contributed by atoms with Crippen LogP contribution >= 0.6 is 0 Å². The molecule has 3 heteroatoms. The molecule has 0 saturated heterocycles. The van der Waals surface area contributed by atoms with Crippen LogP contribution in [-0.2, 0) is 9.84 Å². The Kier molecular flexibility index (Phi) is 8.70. The molecule has 0 rings (SSSR count). The summed E-state index contributed by atoms with van der Waals surface area (Å²) in [5, 5.41) is -0.477. The fourth-order valence-electron chi connectivity index (χ4n) is 0.544. The van der Waals surface area contributed by atoms with Crippen LogP contribution in [0.2, 0.25) is 0 Å². The predicted molar refractivity (Wildman–Crippen MR) is 52.7 cm³/mol. The highest BCUT2D eigenvalue weighted by atomic mass is 32.2. The molecule has 0 aromatic heterocycles. The lowest BCUT2D eigenvalue weighted by Gasteiger charge is -2.09. The average molecular weight is 182 g/mol. The van der Waals surface area contributed by atoms with Crippen molar-refractivity contribution in [2.45, 2.75) is 53.0 Å². The van der Waals surface area contributed by atoms with Crippen molar-refractivity contribution in [1.82, 2.24) is 0 Å². The van der Waals surface area contributed by atoms with Crippen LogP contribution < -0.4 is 0 Å². The molecule has 0 amide bonds. The van der Waals surface area contributed by atoms with Crippen LogP contribution in [0.25, 0.3) is 0 Å². The van der Waals surface area contributed by atoms with Gasteiger partial charge >= 0.3 is 0 Å². The third-order valence-corrected chi connectivity index (χ3v) is 3.94. The second-order valence-corrected chi connectivity index (χ2v) is 5.75. The molecule has 11 heavy (non-hydrogen) atoms. The highest BCUT2D eigenvalue weighted by molar-refractivity contribution is 7.92. The number of hydrogen-bond acceptors (Lipinski definition) is 2. The molecule has 0 heterocycles. The molecule has 0 saturated carbocycles. The minimum absolute atomic E-state index is 0. The van der Waals surface area contributed by atoms with Crippen LogP contribution in [0.15, 0.2) is 0 Å². The van der Waals surface area contributed by atoms with Gasteiger partial charge in [0.05, 0.1) is 10.5 Å². The molecule has 0 radical (unpaired) electrons. The number of rotatable bonds is 2. The van der Waals surface area contributed by atoms with Crippen LogP contribution in [-0.4, -0.2) is 18.9 Å². The molecule has 0 unspecified atom stereocenters. The Balaban J connectivity index is -0.000000320. The summed E-state index contributed by atoms with van der Waals surface area (Å²) in [4.78, 5) is 0. The van der Waals surface area contributed by atoms with E-state index in [4.69, 9.17) is 0 Å². The lowest BCUT2D eigenvalue weighted by atomic mass is 10.5. The molecular weight excluding hydrogens is 160 g/mol. The zero-order valence-corrected chi connectivity index (χ0v) is 7.20. The molecule has 0 aliphatic heterocycles. The first-order valence-corrected chi connectivity index (χ1v) is 4.72. The second kappa shape index (κ2) is 5.58. The van der Waals surface area contributed by atoms with Crippen LogP contribution in [0, 0.1) is 0 Å². The summed E-state index contributed by atoms with van der Waals surface area (Å²) in [6.45, 7) is 6.81. The van der Waals surface area contributed by atoms with Gasteiger partial charge in [0.25, 0.3) is 0 Å². The van der Waals surface area contributed by atoms with Gasteiger partial charge in [0.15, 0.2) is 9.84 Å². The van der Waals surface area contributed by atoms with Crippen LogP contribution in [0.3, 0.4) is 0 Å². The van der Waals surface area contributed by atoms with Gasteiger partial charge in [0.2, 0.25) is 0 Å². The molecule has 72 valence electrons. The molecule has 0 N–H and O–H groups in total. The van der Waals surface area contributed by atoms with Gasteiger partial charge in [-0.2, -0.15) is 0 Å². The Hall–Kier alpha value is -0.0500. The molecule has 0 bridgehead atoms. The average Bonchev–Trinajstić information content (AvgIpc) is 1.65. The molecule has 0 atom stereocenters. The number of hydrogen-bond donors (Lipinski definition) is 0. The lowest BCUT2D eigenvalue weighted by Crippen LogP contribution is -2.23. The van der Waals surface area contributed by atoms with E-state index < -0.39 is 9.84 Å². The van der Waals surface area contributed by atoms with Crippen molar-refractivity contribution < 1.29 is 8.42 Å². The van der Waals surface area contributed by atoms with E-state index in [2.05, 4.69) is 0 Å². The molecule has 0 aliphatic rings. The highest BCUT2D eigenvalue weighted by Gasteiger charge is 2.19. The van der Waals surface area contributed by atoms with Crippen LogP contribution in [0.5, 0.6) is 0 Å². The summed E-state index contributed by atoms with van der Waals surface area (Å²) in [7, 11) is -2.81. The first-order valence-electron chi connectivity index (χ1n) is 3.11. The first kappa shape index (κ1) is 17.2. The normalized spacial score (nSPS) is 10.7. The molecular formula is C8H22O2S. The van der Waals surface area contributed by atoms with Crippen molar-refractivity contribution in [3.8, 4) is 0 Å². The second-order valence-electron chi connectivity index (χ2n) is 2.69. The zero-order chi connectivity index (χ0) is 7.65. The first-order chi connectivity index (χ1) is 3.89. The van der Waals surface area contributed by atoms with Crippen LogP contribution in [0.1, 0.15) is 42.5 Å². The summed E-state index contributed by atoms with van der Waals surface area (Å²) in [6, 6.07) is 0. The molecule has 0 fully saturated rings. The topological polar surface area (TPSA) is 34.1 Å². The maximum absolute atomic E-state index is 11.0. The minimum atomic E-state index is -2.81. The van der Waals surface area contributed by atoms with E-state index in [0.717, 1.165) is 0 Å². The fourth-order valence-corrected chi connectivity index (χ4v) is 1.63. The van der Waals surface area contributed by atoms with Gasteiger partial charge in [-0.05, 0) is 27.7 Å². The summed E-state index contributed by atoms with van der Waals surface area (Å²) in [5.41, 5.74) is 0. The monoisotopic (exact) mass is 182 g/mol. The fraction of sp³-hybridized carbons (Fsp3) is 1.00. The van der Waals surface area contributed by atoms with Crippen molar-refractivity contribution in [1.29, 1.82) is 0 Å². The third-order valence-electron chi connectivity index (χ3n) is 1.31. The molecule has 0 spiro atoms. The molecule has 0 aliphatic carbocycles. The van der Waals surface area contributed by atoms with E-state index in [1.165, 1.54) is 0 Å². The highest BCUT2D eigenvalue weighted by Crippen LogP contribution is 2.06. The summed E-state index contributed by atoms with van der Waals surface area (Å²) in [5.74, 6) is 0. The maximum Gasteiger partial charge on any atom is 0.154 e. The van der Waals surface area contributed by atoms with Gasteiger partial charge in [-0.1, -0.05) is 14.9 Å². The van der Waals surface area contributed by atoms with Gasteiger partial charge in [-0.25, -0.2) is 8.42 Å².